The Hall–Kier alpha value is -0.850. The Kier molecular flexibility index (Phi) is 2.38. The molecule has 0 aliphatic rings. The summed E-state index contributed by atoms with van der Waals surface area (Å²) in [5, 5.41) is 8.03. The SMILES string of the molecule is CCS(=O)(=O)O[N+](=O)[O-]. The third-order valence-electron chi connectivity index (χ3n) is 0.528. The van der Waals surface area contributed by atoms with Crippen LogP contribution in [0.15, 0.2) is 0 Å². The molecular formula is C2H5NO5S. The smallest absolute Gasteiger partial charge is 0.201 e. The van der Waals surface area contributed by atoms with Crippen LogP contribution in [0.25, 0.3) is 0 Å². The van der Waals surface area contributed by atoms with Gasteiger partial charge in [-0.3, -0.25) is 0 Å². The highest BCUT2D eigenvalue weighted by molar-refractivity contribution is 7.86. The molecule has 0 atom stereocenters. The van der Waals surface area contributed by atoms with E-state index in [0.717, 1.165) is 0 Å². The van der Waals surface area contributed by atoms with Crippen molar-refractivity contribution in [2.24, 2.45) is 0 Å². The van der Waals surface area contributed by atoms with E-state index in [-0.39, 0.29) is 0 Å². The van der Waals surface area contributed by atoms with E-state index in [0.29, 0.717) is 0 Å². The predicted octanol–water partition coefficient (Wildman–Crippen LogP) is -0.456. The summed E-state index contributed by atoms with van der Waals surface area (Å²) < 4.78 is 23.6. The fraction of sp³-hybridized carbons (Fsp3) is 1.00. The molecule has 0 spiro atoms. The van der Waals surface area contributed by atoms with Gasteiger partial charge in [0.05, 0.1) is 5.75 Å². The minimum absolute atomic E-state index is 0.395. The van der Waals surface area contributed by atoms with Gasteiger partial charge in [0.2, 0.25) is 0 Å². The normalized spacial score (nSPS) is 10.8. The van der Waals surface area contributed by atoms with Crippen molar-refractivity contribution in [3.05, 3.63) is 10.1 Å². The number of nitrogens with zero attached hydrogens (tertiary/aromatic N) is 1. The first-order chi connectivity index (χ1) is 3.98. The van der Waals surface area contributed by atoms with E-state index in [9.17, 15) is 18.5 Å². The second-order valence-electron chi connectivity index (χ2n) is 1.14. The largest absolute Gasteiger partial charge is 0.310 e. The Morgan fingerprint density at radius 1 is 1.67 bits per heavy atom. The molecule has 0 rings (SSSR count). The molecule has 0 saturated heterocycles. The van der Waals surface area contributed by atoms with Gasteiger partial charge in [0.25, 0.3) is 0 Å². The molecule has 0 heterocycles. The Morgan fingerprint density at radius 2 is 2.11 bits per heavy atom. The van der Waals surface area contributed by atoms with Gasteiger partial charge in [0.15, 0.2) is 0 Å². The maximum Gasteiger partial charge on any atom is 0.310 e. The highest BCUT2D eigenvalue weighted by Gasteiger charge is 2.11. The molecule has 0 saturated carbocycles. The van der Waals surface area contributed by atoms with E-state index in [2.05, 4.69) is 4.28 Å². The molecule has 0 amide bonds. The first-order valence-electron chi connectivity index (χ1n) is 2.04. The minimum Gasteiger partial charge on any atom is -0.201 e. The third-order valence-corrected chi connectivity index (χ3v) is 1.58. The summed E-state index contributed by atoms with van der Waals surface area (Å²) in [6.07, 6.45) is 0. The molecule has 0 aliphatic carbocycles. The van der Waals surface area contributed by atoms with E-state index in [4.69, 9.17) is 0 Å². The van der Waals surface area contributed by atoms with E-state index < -0.39 is 21.0 Å². The lowest BCUT2D eigenvalue weighted by Gasteiger charge is -1.92. The molecule has 0 radical (unpaired) electrons. The Bertz CT molecular complexity index is 193. The molecule has 0 fully saturated rings. The molecule has 0 aliphatic heterocycles. The minimum atomic E-state index is -3.92. The second kappa shape index (κ2) is 2.62. The van der Waals surface area contributed by atoms with E-state index >= 15 is 0 Å². The fourth-order valence-electron chi connectivity index (χ4n) is 0.145. The summed E-state index contributed by atoms with van der Waals surface area (Å²) in [6, 6.07) is 0. The lowest BCUT2D eigenvalue weighted by molar-refractivity contribution is -0.711. The maximum atomic E-state index is 10.1. The van der Waals surface area contributed by atoms with Crippen molar-refractivity contribution in [1.82, 2.24) is 0 Å². The van der Waals surface area contributed by atoms with Crippen molar-refractivity contribution in [1.29, 1.82) is 0 Å². The zero-order chi connectivity index (χ0) is 7.49. The van der Waals surface area contributed by atoms with Crippen molar-refractivity contribution < 1.29 is 17.8 Å². The molecule has 6 nitrogen and oxygen atoms in total. The first-order valence-corrected chi connectivity index (χ1v) is 3.62. The van der Waals surface area contributed by atoms with Crippen molar-refractivity contribution in [3.8, 4) is 0 Å². The van der Waals surface area contributed by atoms with Gasteiger partial charge in [-0.15, -0.1) is 10.1 Å². The van der Waals surface area contributed by atoms with Gasteiger partial charge in [-0.1, -0.05) is 0 Å². The molecule has 0 unspecified atom stereocenters. The highest BCUT2D eigenvalue weighted by Crippen LogP contribution is 1.90. The van der Waals surface area contributed by atoms with Crippen molar-refractivity contribution in [2.45, 2.75) is 6.92 Å². The summed E-state index contributed by atoms with van der Waals surface area (Å²) >= 11 is 0. The van der Waals surface area contributed by atoms with Crippen LogP contribution in [0.5, 0.6) is 0 Å². The molecule has 0 aromatic rings. The van der Waals surface area contributed by atoms with E-state index in [1.165, 1.54) is 6.92 Å². The second-order valence-corrected chi connectivity index (χ2v) is 2.99. The third kappa shape index (κ3) is 3.71. The molecule has 0 bridgehead atoms. The van der Waals surface area contributed by atoms with Crippen LogP contribution in [0, 0.1) is 10.1 Å². The summed E-state index contributed by atoms with van der Waals surface area (Å²) in [5.74, 6) is -0.395. The Balaban J connectivity index is 4.06. The Morgan fingerprint density at radius 3 is 2.22 bits per heavy atom. The zero-order valence-electron chi connectivity index (χ0n) is 4.60. The number of rotatable bonds is 3. The van der Waals surface area contributed by atoms with Gasteiger partial charge in [0, 0.05) is 0 Å². The molecule has 0 aromatic heterocycles. The van der Waals surface area contributed by atoms with Gasteiger partial charge in [0.1, 0.15) is 0 Å². The summed E-state index contributed by atoms with van der Waals surface area (Å²) in [6.45, 7) is 1.25. The number of hydrogen-bond donors (Lipinski definition) is 0. The van der Waals surface area contributed by atoms with Crippen LogP contribution in [-0.2, 0) is 14.4 Å². The van der Waals surface area contributed by atoms with E-state index in [1.54, 1.807) is 0 Å². The Labute approximate surface area is 51.7 Å². The summed E-state index contributed by atoms with van der Waals surface area (Å²) in [4.78, 5) is 9.38. The molecular weight excluding hydrogens is 150 g/mol. The van der Waals surface area contributed by atoms with Crippen molar-refractivity contribution in [3.63, 3.8) is 0 Å². The average Bonchev–Trinajstić information content (AvgIpc) is 1.63. The van der Waals surface area contributed by atoms with Crippen LogP contribution >= 0.6 is 0 Å². The van der Waals surface area contributed by atoms with Gasteiger partial charge < -0.3 is 0 Å². The summed E-state index contributed by atoms with van der Waals surface area (Å²) in [7, 11) is -3.92. The van der Waals surface area contributed by atoms with Crippen LogP contribution in [-0.4, -0.2) is 19.3 Å². The first kappa shape index (κ1) is 8.15. The standard InChI is InChI=1S/C2H5NO5S/c1-2-9(6,7)8-3(4)5/h2H2,1H3. The number of hydrogen-bond acceptors (Lipinski definition) is 5. The van der Waals surface area contributed by atoms with Crippen LogP contribution in [0.2, 0.25) is 0 Å². The van der Waals surface area contributed by atoms with E-state index in [1.807, 2.05) is 0 Å². The van der Waals surface area contributed by atoms with Crippen LogP contribution in [0.4, 0.5) is 0 Å². The fourth-order valence-corrected chi connectivity index (χ4v) is 0.436. The summed E-state index contributed by atoms with van der Waals surface area (Å²) in [5.41, 5.74) is 0. The topological polar surface area (TPSA) is 86.5 Å². The molecule has 0 aromatic carbocycles. The highest BCUT2D eigenvalue weighted by atomic mass is 32.2. The monoisotopic (exact) mass is 155 g/mol. The van der Waals surface area contributed by atoms with Crippen LogP contribution < -0.4 is 0 Å². The zero-order valence-corrected chi connectivity index (χ0v) is 5.42. The van der Waals surface area contributed by atoms with Gasteiger partial charge in [-0.25, -0.2) is 8.42 Å². The molecule has 7 heteroatoms. The van der Waals surface area contributed by atoms with Gasteiger partial charge in [-0.05, 0) is 6.92 Å². The van der Waals surface area contributed by atoms with Crippen LogP contribution in [0.3, 0.4) is 0 Å². The lowest BCUT2D eigenvalue weighted by Crippen LogP contribution is -2.12. The van der Waals surface area contributed by atoms with Gasteiger partial charge >= 0.3 is 15.2 Å². The van der Waals surface area contributed by atoms with Crippen LogP contribution in [0.1, 0.15) is 6.92 Å². The van der Waals surface area contributed by atoms with Crippen molar-refractivity contribution in [2.75, 3.05) is 5.75 Å². The predicted molar refractivity (Wildman–Crippen MR) is 27.5 cm³/mol. The quantitative estimate of drug-likeness (QED) is 0.406. The average molecular weight is 155 g/mol. The lowest BCUT2D eigenvalue weighted by atomic mass is 11.0. The maximum absolute atomic E-state index is 10.1. The van der Waals surface area contributed by atoms with Gasteiger partial charge in [-0.2, -0.15) is 4.28 Å². The molecule has 9 heavy (non-hydrogen) atoms. The molecule has 0 N–H and O–H groups in total. The van der Waals surface area contributed by atoms with Crippen molar-refractivity contribution >= 4 is 10.1 Å². The molecule has 54 valence electrons.